The number of hydrogen-bond acceptors (Lipinski definition) is 6. The minimum Gasteiger partial charge on any atom is -0.485 e. The molecule has 2 aromatic carbocycles. The first-order valence-corrected chi connectivity index (χ1v) is 7.99. The summed E-state index contributed by atoms with van der Waals surface area (Å²) in [6.07, 6.45) is 3.61. The third kappa shape index (κ3) is 3.02. The molecule has 0 unspecified atom stereocenters. The molecule has 0 radical (unpaired) electrons. The van der Waals surface area contributed by atoms with Crippen molar-refractivity contribution < 1.29 is 22.3 Å². The van der Waals surface area contributed by atoms with Crippen LogP contribution in [0.2, 0.25) is 0 Å². The Balaban J connectivity index is 1.93. The van der Waals surface area contributed by atoms with E-state index in [9.17, 15) is 18.5 Å². The van der Waals surface area contributed by atoms with E-state index in [1.54, 1.807) is 18.2 Å². The molecule has 2 aromatic rings. The first kappa shape index (κ1) is 15.0. The molecule has 118 valence electrons. The summed E-state index contributed by atoms with van der Waals surface area (Å²) < 4.78 is 35.2. The van der Waals surface area contributed by atoms with Gasteiger partial charge in [-0.3, -0.25) is 10.1 Å². The van der Waals surface area contributed by atoms with E-state index in [-0.39, 0.29) is 16.3 Å². The highest BCUT2D eigenvalue weighted by Crippen LogP contribution is 2.36. The number of ether oxygens (including phenoxy) is 1. The van der Waals surface area contributed by atoms with Crippen molar-refractivity contribution in [1.29, 1.82) is 0 Å². The molecule has 0 fully saturated rings. The van der Waals surface area contributed by atoms with Crippen molar-refractivity contribution in [3.05, 3.63) is 64.2 Å². The van der Waals surface area contributed by atoms with Gasteiger partial charge in [0.25, 0.3) is 5.69 Å². The molecule has 0 aromatic heterocycles. The molecule has 0 aliphatic carbocycles. The number of non-ortho nitro benzene ring substituents is 1. The maximum atomic E-state index is 12.3. The summed E-state index contributed by atoms with van der Waals surface area (Å²) >= 11 is 0. The van der Waals surface area contributed by atoms with Crippen LogP contribution in [0.25, 0.3) is 6.08 Å². The summed E-state index contributed by atoms with van der Waals surface area (Å²) in [5.41, 5.74) is 0.516. The van der Waals surface area contributed by atoms with Crippen LogP contribution in [0.15, 0.2) is 53.4 Å². The van der Waals surface area contributed by atoms with Crippen LogP contribution in [-0.2, 0) is 10.1 Å². The van der Waals surface area contributed by atoms with Gasteiger partial charge in [-0.15, -0.1) is 0 Å². The lowest BCUT2D eigenvalue weighted by Crippen LogP contribution is -2.12. The number of benzene rings is 2. The zero-order valence-electron chi connectivity index (χ0n) is 11.7. The minimum atomic E-state index is -4.12. The fourth-order valence-corrected chi connectivity index (χ4v) is 3.02. The van der Waals surface area contributed by atoms with Crippen molar-refractivity contribution in [2.75, 3.05) is 6.61 Å². The van der Waals surface area contributed by atoms with E-state index < -0.39 is 15.0 Å². The van der Waals surface area contributed by atoms with Gasteiger partial charge in [0.05, 0.1) is 4.92 Å². The van der Waals surface area contributed by atoms with Gasteiger partial charge in [0, 0.05) is 17.7 Å². The molecular weight excluding hydrogens is 322 g/mol. The first-order valence-electron chi connectivity index (χ1n) is 6.59. The van der Waals surface area contributed by atoms with Crippen LogP contribution in [0.5, 0.6) is 11.5 Å². The van der Waals surface area contributed by atoms with Gasteiger partial charge in [0.1, 0.15) is 11.5 Å². The highest BCUT2D eigenvalue weighted by atomic mass is 32.2. The number of fused-ring (bicyclic) bond motifs is 1. The van der Waals surface area contributed by atoms with E-state index in [0.717, 1.165) is 24.3 Å². The lowest BCUT2D eigenvalue weighted by Gasteiger charge is -2.16. The van der Waals surface area contributed by atoms with Gasteiger partial charge in [-0.05, 0) is 24.3 Å². The predicted molar refractivity (Wildman–Crippen MR) is 81.9 cm³/mol. The number of rotatable bonds is 4. The van der Waals surface area contributed by atoms with E-state index in [1.165, 1.54) is 6.07 Å². The molecule has 7 nitrogen and oxygen atoms in total. The van der Waals surface area contributed by atoms with Crippen LogP contribution in [0.1, 0.15) is 5.56 Å². The fraction of sp³-hybridized carbons (Fsp3) is 0.0667. The van der Waals surface area contributed by atoms with Gasteiger partial charge in [-0.25, -0.2) is 0 Å². The van der Waals surface area contributed by atoms with E-state index in [1.807, 2.05) is 6.08 Å². The lowest BCUT2D eigenvalue weighted by atomic mass is 10.1. The summed E-state index contributed by atoms with van der Waals surface area (Å²) in [4.78, 5) is 9.84. The average molecular weight is 333 g/mol. The molecule has 0 spiro atoms. The van der Waals surface area contributed by atoms with Gasteiger partial charge in [-0.1, -0.05) is 18.2 Å². The lowest BCUT2D eigenvalue weighted by molar-refractivity contribution is -0.384. The standard InChI is InChI=1S/C15H11NO6S/c17-16(18)12-6-8-13(9-7-12)23(19,20)22-14-5-1-3-11-4-2-10-21-15(11)14/h1-9H,10H2. The Labute approximate surface area is 132 Å². The number of para-hydroxylation sites is 1. The van der Waals surface area contributed by atoms with E-state index in [4.69, 9.17) is 8.92 Å². The van der Waals surface area contributed by atoms with Gasteiger partial charge < -0.3 is 8.92 Å². The molecule has 1 aliphatic rings. The zero-order chi connectivity index (χ0) is 16.4. The number of nitro benzene ring substituents is 1. The Morgan fingerprint density at radius 2 is 1.87 bits per heavy atom. The predicted octanol–water partition coefficient (Wildman–Crippen LogP) is 2.77. The van der Waals surface area contributed by atoms with Crippen LogP contribution in [-0.4, -0.2) is 19.9 Å². The minimum absolute atomic E-state index is 0.0743. The van der Waals surface area contributed by atoms with Gasteiger partial charge in [0.15, 0.2) is 11.5 Å². The first-order chi connectivity index (χ1) is 11.0. The topological polar surface area (TPSA) is 95.7 Å². The molecule has 0 atom stereocenters. The summed E-state index contributed by atoms with van der Waals surface area (Å²) in [6, 6.07) is 9.38. The number of nitro groups is 1. The van der Waals surface area contributed by atoms with Crippen LogP contribution < -0.4 is 8.92 Å². The molecule has 1 aliphatic heterocycles. The van der Waals surface area contributed by atoms with Gasteiger partial charge in [-0.2, -0.15) is 8.42 Å². The zero-order valence-corrected chi connectivity index (χ0v) is 12.5. The molecule has 0 saturated heterocycles. The van der Waals surface area contributed by atoms with Crippen molar-refractivity contribution >= 4 is 21.9 Å². The van der Waals surface area contributed by atoms with Crippen LogP contribution in [0.3, 0.4) is 0 Å². The van der Waals surface area contributed by atoms with Crippen molar-refractivity contribution in [3.8, 4) is 11.5 Å². The van der Waals surface area contributed by atoms with Crippen molar-refractivity contribution in [1.82, 2.24) is 0 Å². The molecule has 1 heterocycles. The molecule has 0 bridgehead atoms. The van der Waals surface area contributed by atoms with Gasteiger partial charge in [0.2, 0.25) is 0 Å². The number of hydrogen-bond donors (Lipinski definition) is 0. The largest absolute Gasteiger partial charge is 0.485 e. The highest BCUT2D eigenvalue weighted by molar-refractivity contribution is 7.87. The third-order valence-electron chi connectivity index (χ3n) is 3.17. The highest BCUT2D eigenvalue weighted by Gasteiger charge is 2.22. The monoisotopic (exact) mass is 333 g/mol. The molecule has 23 heavy (non-hydrogen) atoms. The maximum absolute atomic E-state index is 12.3. The summed E-state index contributed by atoms with van der Waals surface area (Å²) in [5, 5.41) is 10.6. The average Bonchev–Trinajstić information content (AvgIpc) is 2.55. The Bertz CT molecular complexity index is 887. The quantitative estimate of drug-likeness (QED) is 0.485. The SMILES string of the molecule is O=[N+]([O-])c1ccc(S(=O)(=O)Oc2cccc3c2OCC=C3)cc1. The van der Waals surface area contributed by atoms with Crippen molar-refractivity contribution in [2.24, 2.45) is 0 Å². The van der Waals surface area contributed by atoms with E-state index in [2.05, 4.69) is 0 Å². The van der Waals surface area contributed by atoms with E-state index in [0.29, 0.717) is 17.9 Å². The normalized spacial score (nSPS) is 13.0. The van der Waals surface area contributed by atoms with Crippen LogP contribution >= 0.6 is 0 Å². The fourth-order valence-electron chi connectivity index (χ4n) is 2.09. The molecule has 3 rings (SSSR count). The smallest absolute Gasteiger partial charge is 0.339 e. The van der Waals surface area contributed by atoms with Crippen molar-refractivity contribution in [3.63, 3.8) is 0 Å². The maximum Gasteiger partial charge on any atom is 0.339 e. The second-order valence-electron chi connectivity index (χ2n) is 4.68. The molecule has 0 saturated carbocycles. The van der Waals surface area contributed by atoms with Crippen LogP contribution in [0, 0.1) is 10.1 Å². The summed E-state index contributed by atoms with van der Waals surface area (Å²) in [5.74, 6) is 0.422. The Hall–Kier alpha value is -2.87. The van der Waals surface area contributed by atoms with Crippen LogP contribution in [0.4, 0.5) is 5.69 Å². The third-order valence-corrected chi connectivity index (χ3v) is 4.41. The molecular formula is C15H11NO6S. The van der Waals surface area contributed by atoms with Gasteiger partial charge >= 0.3 is 10.1 Å². The van der Waals surface area contributed by atoms with E-state index >= 15 is 0 Å². The molecule has 8 heteroatoms. The Morgan fingerprint density at radius 1 is 1.13 bits per heavy atom. The van der Waals surface area contributed by atoms with Crippen molar-refractivity contribution in [2.45, 2.75) is 4.90 Å². The summed E-state index contributed by atoms with van der Waals surface area (Å²) in [7, 11) is -4.12. The molecule has 0 amide bonds. The second-order valence-corrected chi connectivity index (χ2v) is 6.22. The Morgan fingerprint density at radius 3 is 2.57 bits per heavy atom. The summed E-state index contributed by atoms with van der Waals surface area (Å²) in [6.45, 7) is 0.324. The number of nitrogens with zero attached hydrogens (tertiary/aromatic N) is 1. The Kier molecular flexibility index (Phi) is 3.75. The molecule has 0 N–H and O–H groups in total. The second kappa shape index (κ2) is 5.73.